The number of hydrogen-bond donors (Lipinski definition) is 1. The van der Waals surface area contributed by atoms with Gasteiger partial charge in [0.1, 0.15) is 4.90 Å². The van der Waals surface area contributed by atoms with Gasteiger partial charge in [0.25, 0.3) is 0 Å². The van der Waals surface area contributed by atoms with Gasteiger partial charge in [-0.1, -0.05) is 17.7 Å². The van der Waals surface area contributed by atoms with Crippen LogP contribution in [0.1, 0.15) is 6.92 Å². The van der Waals surface area contributed by atoms with E-state index in [1.807, 2.05) is 6.92 Å². The van der Waals surface area contributed by atoms with E-state index in [1.165, 1.54) is 22.5 Å². The zero-order chi connectivity index (χ0) is 13.3. The molecule has 0 amide bonds. The molecule has 1 aliphatic heterocycles. The molecule has 1 heterocycles. The van der Waals surface area contributed by atoms with Crippen LogP contribution < -0.4 is 5.32 Å². The first-order valence-electron chi connectivity index (χ1n) is 5.60. The van der Waals surface area contributed by atoms with Gasteiger partial charge in [-0.2, -0.15) is 4.31 Å². The fourth-order valence-corrected chi connectivity index (χ4v) is 3.78. The molecule has 1 aromatic carbocycles. The number of piperazine rings is 1. The molecular formula is C11H15Cl2FN2O2S. The quantitative estimate of drug-likeness (QED) is 0.901. The summed E-state index contributed by atoms with van der Waals surface area (Å²) in [6.45, 7) is 3.10. The summed E-state index contributed by atoms with van der Waals surface area (Å²) in [4.78, 5) is -0.357. The molecule has 1 atom stereocenters. The van der Waals surface area contributed by atoms with Gasteiger partial charge in [-0.15, -0.1) is 12.4 Å². The van der Waals surface area contributed by atoms with Gasteiger partial charge in [-0.25, -0.2) is 12.8 Å². The van der Waals surface area contributed by atoms with Crippen molar-refractivity contribution >= 4 is 34.0 Å². The SMILES string of the molecule is C[C@H]1CN(S(=O)(=O)c2cccc(Cl)c2F)CCN1.Cl. The van der Waals surface area contributed by atoms with Gasteiger partial charge < -0.3 is 5.32 Å². The molecule has 1 saturated heterocycles. The summed E-state index contributed by atoms with van der Waals surface area (Å²) in [5, 5.41) is 2.95. The van der Waals surface area contributed by atoms with E-state index in [1.54, 1.807) is 0 Å². The van der Waals surface area contributed by atoms with E-state index in [-0.39, 0.29) is 28.4 Å². The van der Waals surface area contributed by atoms with Crippen LogP contribution >= 0.6 is 24.0 Å². The highest BCUT2D eigenvalue weighted by molar-refractivity contribution is 7.89. The Labute approximate surface area is 123 Å². The molecule has 0 spiro atoms. The van der Waals surface area contributed by atoms with Crippen molar-refractivity contribution < 1.29 is 12.8 Å². The standard InChI is InChI=1S/C11H14ClFN2O2S.ClH/c1-8-7-15(6-5-14-8)18(16,17)10-4-2-3-9(12)11(10)13;/h2-4,8,14H,5-7H2,1H3;1H/t8-;/m0./s1. The normalized spacial score (nSPS) is 20.9. The lowest BCUT2D eigenvalue weighted by atomic mass is 10.3. The second-order valence-electron chi connectivity index (χ2n) is 4.27. The second-order valence-corrected chi connectivity index (χ2v) is 6.58. The van der Waals surface area contributed by atoms with E-state index in [0.717, 1.165) is 0 Å². The topological polar surface area (TPSA) is 49.4 Å². The molecule has 1 aromatic rings. The molecule has 0 aromatic heterocycles. The average molecular weight is 329 g/mol. The predicted octanol–water partition coefficient (Wildman–Crippen LogP) is 1.88. The van der Waals surface area contributed by atoms with Crippen LogP contribution in [-0.4, -0.2) is 38.4 Å². The Kier molecular flexibility index (Phi) is 5.58. The van der Waals surface area contributed by atoms with E-state index in [9.17, 15) is 12.8 Å². The third kappa shape index (κ3) is 3.38. The van der Waals surface area contributed by atoms with Crippen LogP contribution in [0.4, 0.5) is 4.39 Å². The third-order valence-corrected chi connectivity index (χ3v) is 5.04. The van der Waals surface area contributed by atoms with Gasteiger partial charge in [0.2, 0.25) is 10.0 Å². The summed E-state index contributed by atoms with van der Waals surface area (Å²) < 4.78 is 39.7. The average Bonchev–Trinajstić information content (AvgIpc) is 2.32. The predicted molar refractivity (Wildman–Crippen MR) is 74.9 cm³/mol. The van der Waals surface area contributed by atoms with Crippen molar-refractivity contribution in [2.24, 2.45) is 0 Å². The number of hydrogen-bond acceptors (Lipinski definition) is 3. The first kappa shape index (κ1) is 16.7. The number of nitrogens with zero attached hydrogens (tertiary/aromatic N) is 1. The molecule has 1 aliphatic rings. The van der Waals surface area contributed by atoms with E-state index in [4.69, 9.17) is 11.6 Å². The zero-order valence-corrected chi connectivity index (χ0v) is 12.7. The van der Waals surface area contributed by atoms with Crippen LogP contribution in [0.15, 0.2) is 23.1 Å². The summed E-state index contributed by atoms with van der Waals surface area (Å²) in [7, 11) is -3.81. The van der Waals surface area contributed by atoms with Crippen LogP contribution in [0.3, 0.4) is 0 Å². The highest BCUT2D eigenvalue weighted by atomic mass is 35.5. The van der Waals surface area contributed by atoms with Crippen molar-refractivity contribution in [3.8, 4) is 0 Å². The third-order valence-electron chi connectivity index (χ3n) is 2.87. The van der Waals surface area contributed by atoms with Gasteiger partial charge >= 0.3 is 0 Å². The lowest BCUT2D eigenvalue weighted by Crippen LogP contribution is -2.51. The number of rotatable bonds is 2. The summed E-state index contributed by atoms with van der Waals surface area (Å²) >= 11 is 5.62. The number of sulfonamides is 1. The zero-order valence-electron chi connectivity index (χ0n) is 10.3. The van der Waals surface area contributed by atoms with E-state index >= 15 is 0 Å². The van der Waals surface area contributed by atoms with Crippen LogP contribution in [0.2, 0.25) is 5.02 Å². The summed E-state index contributed by atoms with van der Waals surface area (Å²) in [6.07, 6.45) is 0. The number of benzene rings is 1. The molecule has 0 saturated carbocycles. The lowest BCUT2D eigenvalue weighted by Gasteiger charge is -2.31. The second kappa shape index (κ2) is 6.37. The molecule has 1 fully saturated rings. The molecule has 108 valence electrons. The minimum Gasteiger partial charge on any atom is -0.312 e. The van der Waals surface area contributed by atoms with Gasteiger partial charge in [0, 0.05) is 25.7 Å². The summed E-state index contributed by atoms with van der Waals surface area (Å²) in [5.41, 5.74) is 0. The maximum Gasteiger partial charge on any atom is 0.246 e. The molecule has 1 N–H and O–H groups in total. The summed E-state index contributed by atoms with van der Waals surface area (Å²) in [5.74, 6) is -0.884. The molecule has 2 rings (SSSR count). The van der Waals surface area contributed by atoms with E-state index in [0.29, 0.717) is 19.6 Å². The fourth-order valence-electron chi connectivity index (χ4n) is 1.94. The smallest absolute Gasteiger partial charge is 0.246 e. The minimum absolute atomic E-state index is 0. The number of nitrogens with one attached hydrogen (secondary N) is 1. The van der Waals surface area contributed by atoms with E-state index < -0.39 is 15.8 Å². The molecule has 0 radical (unpaired) electrons. The van der Waals surface area contributed by atoms with E-state index in [2.05, 4.69) is 5.32 Å². The number of halogens is 3. The first-order valence-corrected chi connectivity index (χ1v) is 7.42. The van der Waals surface area contributed by atoms with Crippen LogP contribution in [0.25, 0.3) is 0 Å². The Hall–Kier alpha value is -0.400. The monoisotopic (exact) mass is 328 g/mol. The van der Waals surface area contributed by atoms with Gasteiger partial charge in [0.15, 0.2) is 5.82 Å². The molecule has 0 unspecified atom stereocenters. The molecule has 4 nitrogen and oxygen atoms in total. The van der Waals surface area contributed by atoms with Crippen LogP contribution in [0.5, 0.6) is 0 Å². The Morgan fingerprint density at radius 2 is 2.16 bits per heavy atom. The maximum atomic E-state index is 13.8. The highest BCUT2D eigenvalue weighted by Gasteiger charge is 2.31. The largest absolute Gasteiger partial charge is 0.312 e. The first-order chi connectivity index (χ1) is 8.43. The van der Waals surface area contributed by atoms with Crippen molar-refractivity contribution in [3.63, 3.8) is 0 Å². The van der Waals surface area contributed by atoms with Crippen LogP contribution in [-0.2, 0) is 10.0 Å². The van der Waals surface area contributed by atoms with Crippen molar-refractivity contribution in [3.05, 3.63) is 29.0 Å². The van der Waals surface area contributed by atoms with Crippen molar-refractivity contribution in [1.29, 1.82) is 0 Å². The Balaban J connectivity index is 0.00000180. The Bertz CT molecular complexity index is 554. The van der Waals surface area contributed by atoms with Crippen molar-refractivity contribution in [1.82, 2.24) is 9.62 Å². The molecule has 0 aliphatic carbocycles. The fraction of sp³-hybridized carbons (Fsp3) is 0.455. The summed E-state index contributed by atoms with van der Waals surface area (Å²) in [6, 6.07) is 4.06. The van der Waals surface area contributed by atoms with Gasteiger partial charge in [0.05, 0.1) is 5.02 Å². The van der Waals surface area contributed by atoms with Gasteiger partial charge in [-0.05, 0) is 19.1 Å². The maximum absolute atomic E-state index is 13.8. The molecule has 8 heteroatoms. The highest BCUT2D eigenvalue weighted by Crippen LogP contribution is 2.25. The lowest BCUT2D eigenvalue weighted by molar-refractivity contribution is 0.309. The molecule has 19 heavy (non-hydrogen) atoms. The molecule has 0 bridgehead atoms. The van der Waals surface area contributed by atoms with Crippen molar-refractivity contribution in [2.45, 2.75) is 17.9 Å². The van der Waals surface area contributed by atoms with Crippen LogP contribution in [0, 0.1) is 5.82 Å². The van der Waals surface area contributed by atoms with Crippen molar-refractivity contribution in [2.75, 3.05) is 19.6 Å². The Morgan fingerprint density at radius 3 is 2.79 bits per heavy atom. The Morgan fingerprint density at radius 1 is 1.47 bits per heavy atom. The van der Waals surface area contributed by atoms with Gasteiger partial charge in [-0.3, -0.25) is 0 Å². The minimum atomic E-state index is -3.81. The molecular weight excluding hydrogens is 314 g/mol.